The van der Waals surface area contributed by atoms with Crippen molar-refractivity contribution in [3.05, 3.63) is 59.4 Å². The van der Waals surface area contributed by atoms with E-state index < -0.39 is 23.6 Å². The van der Waals surface area contributed by atoms with Gasteiger partial charge in [0.25, 0.3) is 0 Å². The SMILES string of the molecule is C=C1C(=O)C(C)(C(=O)OC)C(CCc2cn(Cc3cccc(C)c3)nn2)OC1C. The number of hydrogen-bond donors (Lipinski definition) is 0. The van der Waals surface area contributed by atoms with E-state index in [1.54, 1.807) is 18.5 Å². The summed E-state index contributed by atoms with van der Waals surface area (Å²) in [5.41, 5.74) is 2.00. The topological polar surface area (TPSA) is 83.3 Å². The number of hydrogen-bond acceptors (Lipinski definition) is 6. The highest BCUT2D eigenvalue weighted by atomic mass is 16.5. The summed E-state index contributed by atoms with van der Waals surface area (Å²) in [6, 6.07) is 8.23. The van der Waals surface area contributed by atoms with Gasteiger partial charge in [0.05, 0.1) is 31.6 Å². The van der Waals surface area contributed by atoms with Gasteiger partial charge in [0.2, 0.25) is 0 Å². The fourth-order valence-electron chi connectivity index (χ4n) is 3.73. The molecule has 1 aliphatic heterocycles. The Morgan fingerprint density at radius 3 is 2.86 bits per heavy atom. The Hall–Kier alpha value is -2.80. The molecule has 2 heterocycles. The molecule has 1 aromatic carbocycles. The third-order valence-electron chi connectivity index (χ3n) is 5.55. The predicted molar refractivity (Wildman–Crippen MR) is 107 cm³/mol. The molecule has 0 amide bonds. The normalized spacial score (nSPS) is 24.6. The number of aryl methyl sites for hydroxylation is 2. The molecule has 2 aromatic rings. The summed E-state index contributed by atoms with van der Waals surface area (Å²) in [4.78, 5) is 25.2. The second kappa shape index (κ2) is 8.29. The first-order chi connectivity index (χ1) is 13.8. The first-order valence-electron chi connectivity index (χ1n) is 9.67. The minimum Gasteiger partial charge on any atom is -0.468 e. The van der Waals surface area contributed by atoms with Gasteiger partial charge < -0.3 is 9.47 Å². The second-order valence-corrected chi connectivity index (χ2v) is 7.75. The molecular formula is C22H27N3O4. The largest absolute Gasteiger partial charge is 0.468 e. The molecule has 1 aliphatic rings. The van der Waals surface area contributed by atoms with Gasteiger partial charge in [0, 0.05) is 11.8 Å². The van der Waals surface area contributed by atoms with Gasteiger partial charge >= 0.3 is 5.97 Å². The zero-order valence-corrected chi connectivity index (χ0v) is 17.3. The van der Waals surface area contributed by atoms with E-state index in [9.17, 15) is 9.59 Å². The van der Waals surface area contributed by atoms with Crippen molar-refractivity contribution < 1.29 is 19.1 Å². The Kier molecular flexibility index (Phi) is 5.98. The van der Waals surface area contributed by atoms with E-state index in [-0.39, 0.29) is 5.78 Å². The molecule has 0 radical (unpaired) electrons. The highest BCUT2D eigenvalue weighted by Gasteiger charge is 2.54. The van der Waals surface area contributed by atoms with Crippen LogP contribution in [0.1, 0.15) is 37.1 Å². The number of aromatic nitrogens is 3. The van der Waals surface area contributed by atoms with Crippen molar-refractivity contribution >= 4 is 11.8 Å². The Labute approximate surface area is 170 Å². The van der Waals surface area contributed by atoms with E-state index in [4.69, 9.17) is 9.47 Å². The quantitative estimate of drug-likeness (QED) is 0.423. The van der Waals surface area contributed by atoms with Gasteiger partial charge in [-0.05, 0) is 39.2 Å². The Morgan fingerprint density at radius 2 is 2.17 bits per heavy atom. The molecule has 7 heteroatoms. The number of ketones is 1. The first-order valence-corrected chi connectivity index (χ1v) is 9.67. The van der Waals surface area contributed by atoms with Gasteiger partial charge in [-0.3, -0.25) is 9.59 Å². The van der Waals surface area contributed by atoms with E-state index in [1.807, 2.05) is 18.3 Å². The first kappa shape index (κ1) is 20.9. The van der Waals surface area contributed by atoms with Crippen LogP contribution >= 0.6 is 0 Å². The maximum atomic E-state index is 12.8. The molecule has 0 spiro atoms. The van der Waals surface area contributed by atoms with E-state index in [1.165, 1.54) is 12.7 Å². The summed E-state index contributed by atoms with van der Waals surface area (Å²) in [6.07, 6.45) is 1.78. The lowest BCUT2D eigenvalue weighted by atomic mass is 9.72. The van der Waals surface area contributed by atoms with E-state index in [0.717, 1.165) is 11.3 Å². The molecular weight excluding hydrogens is 370 g/mol. The molecule has 0 aliphatic carbocycles. The highest BCUT2D eigenvalue weighted by Crippen LogP contribution is 2.39. The summed E-state index contributed by atoms with van der Waals surface area (Å²) < 4.78 is 12.6. The predicted octanol–water partition coefficient (Wildman–Crippen LogP) is 2.66. The zero-order valence-electron chi connectivity index (χ0n) is 17.3. The van der Waals surface area contributed by atoms with Gasteiger partial charge in [-0.15, -0.1) is 5.10 Å². The van der Waals surface area contributed by atoms with Gasteiger partial charge in [-0.25, -0.2) is 4.68 Å². The van der Waals surface area contributed by atoms with E-state index in [2.05, 4.69) is 35.9 Å². The molecule has 0 N–H and O–H groups in total. The summed E-state index contributed by atoms with van der Waals surface area (Å²) in [5.74, 6) is -0.931. The van der Waals surface area contributed by atoms with Crippen LogP contribution in [0, 0.1) is 12.3 Å². The standard InChI is InChI=1S/C22H27N3O4/c1-14-7-6-8-17(11-14)12-25-13-18(23-24-25)9-10-19-22(4,21(27)28-5)20(26)15(2)16(3)29-19/h6-8,11,13,16,19H,2,9-10,12H2,1,3-5H3. The monoisotopic (exact) mass is 397 g/mol. The molecule has 29 heavy (non-hydrogen) atoms. The number of benzene rings is 1. The molecule has 3 unspecified atom stereocenters. The van der Waals surface area contributed by atoms with Crippen LogP contribution in [0.25, 0.3) is 0 Å². The lowest BCUT2D eigenvalue weighted by molar-refractivity contribution is -0.175. The van der Waals surface area contributed by atoms with Crippen LogP contribution in [0.3, 0.4) is 0 Å². The molecule has 154 valence electrons. The summed E-state index contributed by atoms with van der Waals surface area (Å²) >= 11 is 0. The Balaban J connectivity index is 1.71. The minimum atomic E-state index is -1.41. The van der Waals surface area contributed by atoms with Crippen LogP contribution in [-0.4, -0.2) is 46.1 Å². The Bertz CT molecular complexity index is 936. The van der Waals surface area contributed by atoms with Crippen LogP contribution in [0.2, 0.25) is 0 Å². The number of nitrogens with zero attached hydrogens (tertiary/aromatic N) is 3. The van der Waals surface area contributed by atoms with Gasteiger partial charge in [-0.1, -0.05) is 41.6 Å². The summed E-state index contributed by atoms with van der Waals surface area (Å²) in [6.45, 7) is 9.80. The molecule has 3 atom stereocenters. The van der Waals surface area contributed by atoms with Crippen LogP contribution in [0.4, 0.5) is 0 Å². The number of methoxy groups -OCH3 is 1. The van der Waals surface area contributed by atoms with Crippen molar-refractivity contribution in [3.63, 3.8) is 0 Å². The maximum absolute atomic E-state index is 12.8. The lowest BCUT2D eigenvalue weighted by Gasteiger charge is -2.41. The number of carbonyl (C=O) groups is 2. The number of Topliss-reactive ketones (excluding diaryl/α,β-unsaturated/α-hetero) is 1. The molecule has 0 bridgehead atoms. The molecule has 1 saturated heterocycles. The molecule has 1 fully saturated rings. The third kappa shape index (κ3) is 4.15. The number of ether oxygens (including phenoxy) is 2. The van der Waals surface area contributed by atoms with Crippen LogP contribution in [0.5, 0.6) is 0 Å². The van der Waals surface area contributed by atoms with E-state index in [0.29, 0.717) is 25.0 Å². The van der Waals surface area contributed by atoms with Crippen molar-refractivity contribution in [2.45, 2.75) is 52.4 Å². The fourth-order valence-corrected chi connectivity index (χ4v) is 3.73. The van der Waals surface area contributed by atoms with Gasteiger partial charge in [0.15, 0.2) is 11.2 Å². The van der Waals surface area contributed by atoms with Crippen molar-refractivity contribution in [1.29, 1.82) is 0 Å². The number of carbonyl (C=O) groups excluding carboxylic acids is 2. The smallest absolute Gasteiger partial charge is 0.322 e. The van der Waals surface area contributed by atoms with Gasteiger partial charge in [0.1, 0.15) is 0 Å². The third-order valence-corrected chi connectivity index (χ3v) is 5.55. The van der Waals surface area contributed by atoms with Crippen LogP contribution in [-0.2, 0) is 32.0 Å². The minimum absolute atomic E-state index is 0.290. The summed E-state index contributed by atoms with van der Waals surface area (Å²) in [5, 5.41) is 8.41. The average Bonchev–Trinajstić information content (AvgIpc) is 3.14. The van der Waals surface area contributed by atoms with Gasteiger partial charge in [-0.2, -0.15) is 0 Å². The van der Waals surface area contributed by atoms with Crippen LogP contribution < -0.4 is 0 Å². The zero-order chi connectivity index (χ0) is 21.2. The maximum Gasteiger partial charge on any atom is 0.322 e. The van der Waals surface area contributed by atoms with Crippen LogP contribution in [0.15, 0.2) is 42.6 Å². The number of esters is 1. The summed E-state index contributed by atoms with van der Waals surface area (Å²) in [7, 11) is 1.27. The Morgan fingerprint density at radius 1 is 1.41 bits per heavy atom. The van der Waals surface area contributed by atoms with Crippen molar-refractivity contribution in [1.82, 2.24) is 15.0 Å². The van der Waals surface area contributed by atoms with Crippen molar-refractivity contribution in [2.75, 3.05) is 7.11 Å². The number of rotatable bonds is 6. The highest BCUT2D eigenvalue weighted by molar-refractivity contribution is 6.13. The van der Waals surface area contributed by atoms with Crippen molar-refractivity contribution in [3.8, 4) is 0 Å². The molecule has 7 nitrogen and oxygen atoms in total. The van der Waals surface area contributed by atoms with Crippen molar-refractivity contribution in [2.24, 2.45) is 5.41 Å². The fraction of sp³-hybridized carbons (Fsp3) is 0.455. The van der Waals surface area contributed by atoms with E-state index >= 15 is 0 Å². The average molecular weight is 397 g/mol. The molecule has 3 rings (SSSR count). The molecule has 1 aromatic heterocycles. The molecule has 0 saturated carbocycles. The second-order valence-electron chi connectivity index (χ2n) is 7.75. The lowest BCUT2D eigenvalue weighted by Crippen LogP contribution is -2.55.